The quantitative estimate of drug-likeness (QED) is 0.0567. The molecule has 1 saturated heterocycles. The summed E-state index contributed by atoms with van der Waals surface area (Å²) >= 11 is 2.98. The van der Waals surface area contributed by atoms with Gasteiger partial charge in [-0.05, 0) is 73.9 Å². The summed E-state index contributed by atoms with van der Waals surface area (Å²) in [5.74, 6) is -2.85. The summed E-state index contributed by atoms with van der Waals surface area (Å²) in [5, 5.41) is 2.22. The molecule has 57 heavy (non-hydrogen) atoms. The molecule has 2 aliphatic heterocycles. The highest BCUT2D eigenvalue weighted by Gasteiger charge is 2.33. The fraction of sp³-hybridized carbons (Fsp3) is 0.444. The summed E-state index contributed by atoms with van der Waals surface area (Å²) in [6.45, 7) is 0.877. The third-order valence-electron chi connectivity index (χ3n) is 9.05. The summed E-state index contributed by atoms with van der Waals surface area (Å²) in [5.41, 5.74) is 3.54. The third kappa shape index (κ3) is 13.7. The van der Waals surface area contributed by atoms with E-state index in [2.05, 4.69) is 4.90 Å². The Bertz CT molecular complexity index is 2380. The number of allylic oxidation sites excluding steroid dienone is 2. The molecule has 310 valence electrons. The minimum Gasteiger partial charge on any atom is -0.335 e. The van der Waals surface area contributed by atoms with E-state index in [1.54, 1.807) is 0 Å². The molecule has 3 heterocycles. The van der Waals surface area contributed by atoms with Gasteiger partial charge in [-0.1, -0.05) is 47.7 Å². The Morgan fingerprint density at radius 2 is 1.40 bits per heavy atom. The number of imide groups is 1. The average Bonchev–Trinajstić information content (AvgIpc) is 3.74. The largest absolute Gasteiger partial charge is 0.335 e. The maximum atomic E-state index is 12.3. The molecule has 2 aromatic carbocycles. The van der Waals surface area contributed by atoms with Gasteiger partial charge < -0.3 is 9.74 Å². The number of unbranched alkanes of at least 4 members (excludes halogenated alkanes) is 2. The molecule has 1 fully saturated rings. The van der Waals surface area contributed by atoms with Gasteiger partial charge in [0.1, 0.15) is 4.70 Å². The van der Waals surface area contributed by atoms with Gasteiger partial charge in [-0.3, -0.25) is 23.2 Å². The van der Waals surface area contributed by atoms with Crippen LogP contribution in [0.4, 0.5) is 5.69 Å². The molecule has 5 rings (SSSR count). The predicted molar refractivity (Wildman–Crippen MR) is 215 cm³/mol. The standard InChI is InChI=1S/C36H43N3O13S5/c40-32-17-18-33(41)39(32)52-36(42)12-2-1-3-19-37-28-15-13-26(8-5-21-55(43,44)45)24-30(28)53-34(37)10-4-11-35-38(20-7-23-57(49,50)51)29-16-14-27(25-31(29)54-35)9-6-22-56(46,47)48/h4,10-11,13-16,24-25H,1-3,5-9,12,17-23H2,(H2-,43,44,45,46,47,48,49,50,51)/p+1. The number of fused-ring (bicyclic) bond motifs is 2. The van der Waals surface area contributed by atoms with Gasteiger partial charge in [0.25, 0.3) is 47.2 Å². The van der Waals surface area contributed by atoms with E-state index in [0.717, 1.165) is 42.0 Å². The van der Waals surface area contributed by atoms with Crippen LogP contribution in [0.3, 0.4) is 0 Å². The van der Waals surface area contributed by atoms with Gasteiger partial charge in [-0.2, -0.15) is 29.8 Å². The minimum atomic E-state index is -4.18. The topological polar surface area (TPSA) is 234 Å². The lowest BCUT2D eigenvalue weighted by molar-refractivity contribution is -0.668. The molecule has 1 aromatic heterocycles. The van der Waals surface area contributed by atoms with Crippen LogP contribution in [-0.2, 0) is 69.0 Å². The summed E-state index contributed by atoms with van der Waals surface area (Å²) in [6, 6.07) is 11.5. The Balaban J connectivity index is 1.33. The second-order valence-corrected chi connectivity index (χ2v) is 20.4. The number of hydrogen-bond acceptors (Lipinski definition) is 13. The van der Waals surface area contributed by atoms with Crippen molar-refractivity contribution >= 4 is 93.2 Å². The number of rotatable bonds is 21. The number of thioether (sulfide) groups is 1. The van der Waals surface area contributed by atoms with Crippen molar-refractivity contribution in [2.75, 3.05) is 28.7 Å². The number of aryl methyl sites for hydroxylation is 3. The van der Waals surface area contributed by atoms with Crippen LogP contribution in [0.15, 0.2) is 58.5 Å². The number of hydroxylamine groups is 2. The molecule has 16 nitrogen and oxygen atoms in total. The van der Waals surface area contributed by atoms with Crippen molar-refractivity contribution in [1.29, 1.82) is 0 Å². The molecular formula is C36H44N3O13S5+. The van der Waals surface area contributed by atoms with Crippen molar-refractivity contribution in [3.05, 3.63) is 69.7 Å². The number of carbonyl (C=O) groups is 3. The van der Waals surface area contributed by atoms with E-state index in [0.29, 0.717) is 50.3 Å². The molecule has 0 unspecified atom stereocenters. The molecule has 3 N–H and O–H groups in total. The minimum absolute atomic E-state index is 0.0184. The van der Waals surface area contributed by atoms with Crippen molar-refractivity contribution in [2.24, 2.45) is 0 Å². The monoisotopic (exact) mass is 886 g/mol. The van der Waals surface area contributed by atoms with Gasteiger partial charge in [0.05, 0.1) is 28.0 Å². The Hall–Kier alpha value is -3.70. The third-order valence-corrected chi connectivity index (χ3v) is 13.7. The van der Waals surface area contributed by atoms with Crippen molar-refractivity contribution < 1.29 is 62.7 Å². The Morgan fingerprint density at radius 3 is 2.05 bits per heavy atom. The average molecular weight is 887 g/mol. The van der Waals surface area contributed by atoms with Gasteiger partial charge in [-0.25, -0.2) is 4.79 Å². The van der Waals surface area contributed by atoms with Crippen molar-refractivity contribution in [3.8, 4) is 0 Å². The normalized spacial score (nSPS) is 15.8. The zero-order valence-corrected chi connectivity index (χ0v) is 34.9. The molecule has 3 aromatic rings. The van der Waals surface area contributed by atoms with E-state index < -0.39 is 53.9 Å². The van der Waals surface area contributed by atoms with Crippen LogP contribution in [-0.4, -0.2) is 85.6 Å². The first-order chi connectivity index (χ1) is 26.8. The molecule has 0 radical (unpaired) electrons. The summed E-state index contributed by atoms with van der Waals surface area (Å²) in [4.78, 5) is 43.9. The number of aromatic nitrogens is 1. The van der Waals surface area contributed by atoms with E-state index >= 15 is 0 Å². The van der Waals surface area contributed by atoms with Gasteiger partial charge in [-0.15, -0.1) is 5.06 Å². The molecule has 0 atom stereocenters. The smallest absolute Gasteiger partial charge is 0.333 e. The van der Waals surface area contributed by atoms with E-state index in [1.165, 1.54) is 23.1 Å². The van der Waals surface area contributed by atoms with Crippen LogP contribution in [0.1, 0.15) is 73.9 Å². The first-order valence-corrected chi connectivity index (χ1v) is 24.7. The van der Waals surface area contributed by atoms with Crippen LogP contribution in [0, 0.1) is 0 Å². The van der Waals surface area contributed by atoms with Gasteiger partial charge >= 0.3 is 5.97 Å². The Morgan fingerprint density at radius 1 is 0.789 bits per heavy atom. The maximum Gasteiger partial charge on any atom is 0.333 e. The molecule has 0 spiro atoms. The van der Waals surface area contributed by atoms with Crippen LogP contribution in [0.5, 0.6) is 0 Å². The number of amides is 2. The second-order valence-electron chi connectivity index (χ2n) is 13.6. The first kappa shape index (κ1) is 44.4. The van der Waals surface area contributed by atoms with Crippen molar-refractivity contribution in [1.82, 2.24) is 5.06 Å². The highest BCUT2D eigenvalue weighted by atomic mass is 32.2. The van der Waals surface area contributed by atoms with Gasteiger partial charge in [0.2, 0.25) is 5.52 Å². The van der Waals surface area contributed by atoms with Crippen molar-refractivity contribution in [2.45, 2.75) is 82.1 Å². The van der Waals surface area contributed by atoms with E-state index in [1.807, 2.05) is 59.2 Å². The highest BCUT2D eigenvalue weighted by Crippen LogP contribution is 2.46. The zero-order valence-electron chi connectivity index (χ0n) is 30.8. The number of thiazole rings is 1. The SMILES string of the molecule is O=C(CCCCCN1/C(=C/C=C/c2sc3cc(CCCS(=O)(=O)O)ccc3[n+]2CCCS(=O)(=O)O)Sc2cc(CCCS(=O)(=O)O)ccc21)ON1C(=O)CCC1=O. The number of carbonyl (C=O) groups excluding carboxylic acids is 3. The first-order valence-electron chi connectivity index (χ1n) is 18.2. The van der Waals surface area contributed by atoms with Crippen molar-refractivity contribution in [3.63, 3.8) is 0 Å². The molecule has 0 saturated carbocycles. The Kier molecular flexibility index (Phi) is 15.1. The molecule has 2 aliphatic rings. The van der Waals surface area contributed by atoms with Gasteiger partial charge in [0.15, 0.2) is 6.54 Å². The van der Waals surface area contributed by atoms with Crippen LogP contribution >= 0.6 is 23.1 Å². The number of benzene rings is 2. The molecular weight excluding hydrogens is 843 g/mol. The second kappa shape index (κ2) is 19.4. The highest BCUT2D eigenvalue weighted by molar-refractivity contribution is 8.03. The van der Waals surface area contributed by atoms with Crippen LogP contribution < -0.4 is 9.47 Å². The molecule has 2 amide bonds. The lowest BCUT2D eigenvalue weighted by atomic mass is 10.1. The fourth-order valence-corrected chi connectivity index (χ4v) is 10.2. The summed E-state index contributed by atoms with van der Waals surface area (Å²) in [7, 11) is -12.3. The lowest BCUT2D eigenvalue weighted by Gasteiger charge is -2.20. The lowest BCUT2D eigenvalue weighted by Crippen LogP contribution is -2.36. The van der Waals surface area contributed by atoms with E-state index in [-0.39, 0.29) is 50.0 Å². The molecule has 0 aliphatic carbocycles. The maximum absolute atomic E-state index is 12.3. The molecule has 21 heteroatoms. The van der Waals surface area contributed by atoms with E-state index in [9.17, 15) is 44.2 Å². The molecule has 0 bridgehead atoms. The summed E-state index contributed by atoms with van der Waals surface area (Å²) < 4.78 is 98.3. The number of nitrogens with zero attached hydrogens (tertiary/aromatic N) is 3. The number of hydrogen-bond donors (Lipinski definition) is 3. The Labute approximate surface area is 339 Å². The van der Waals surface area contributed by atoms with E-state index in [4.69, 9.17) is 13.9 Å². The zero-order chi connectivity index (χ0) is 41.4. The number of anilines is 1. The fourth-order valence-electron chi connectivity index (χ4n) is 6.38. The summed E-state index contributed by atoms with van der Waals surface area (Å²) in [6.07, 6.45) is 9.11. The van der Waals surface area contributed by atoms with Crippen LogP contribution in [0.25, 0.3) is 16.3 Å². The van der Waals surface area contributed by atoms with Gasteiger partial charge in [0, 0.05) is 49.3 Å². The van der Waals surface area contributed by atoms with Crippen LogP contribution in [0.2, 0.25) is 0 Å². The predicted octanol–water partition coefficient (Wildman–Crippen LogP) is 4.74.